The molecule has 0 aliphatic carbocycles. The first-order valence-corrected chi connectivity index (χ1v) is 24.6. The zero-order valence-electron chi connectivity index (χ0n) is 34.7. The molecule has 0 aromatic heterocycles. The van der Waals surface area contributed by atoms with E-state index in [0.717, 1.165) is 31.3 Å². The molecule has 0 N–H and O–H groups in total. The molecule has 294 valence electrons. The summed E-state index contributed by atoms with van der Waals surface area (Å²) in [7, 11) is -0.738. The van der Waals surface area contributed by atoms with Crippen molar-refractivity contribution >= 4 is 22.6 Å². The lowest BCUT2D eigenvalue weighted by Gasteiger charge is -2.41. The molecule has 0 bridgehead atoms. The maximum atomic E-state index is 13.0. The van der Waals surface area contributed by atoms with Crippen molar-refractivity contribution in [3.8, 4) is 0 Å². The largest absolute Gasteiger partial charge is 0.458 e. The summed E-state index contributed by atoms with van der Waals surface area (Å²) in [4.78, 5) is 13.0. The van der Waals surface area contributed by atoms with Gasteiger partial charge in [0.25, 0.3) is 0 Å². The van der Waals surface area contributed by atoms with Crippen molar-refractivity contribution in [1.82, 2.24) is 0 Å². The fourth-order valence-electron chi connectivity index (χ4n) is 4.92. The summed E-state index contributed by atoms with van der Waals surface area (Å²) < 4.78 is 42.3. The van der Waals surface area contributed by atoms with Gasteiger partial charge in [-0.3, -0.25) is 0 Å². The number of hydrogen-bond acceptors (Lipinski definition) is 8. The summed E-state index contributed by atoms with van der Waals surface area (Å²) in [6.07, 6.45) is 21.6. The lowest BCUT2D eigenvalue weighted by atomic mass is 9.98. The molecule has 1 aliphatic rings. The van der Waals surface area contributed by atoms with E-state index in [4.69, 9.17) is 32.5 Å². The number of esters is 1. The Morgan fingerprint density at radius 1 is 0.882 bits per heavy atom. The molecule has 0 spiro atoms. The van der Waals surface area contributed by atoms with Gasteiger partial charge in [-0.25, -0.2) is 4.79 Å². The molecule has 0 radical (unpaired) electrons. The monoisotopic (exact) mass is 750 g/mol. The Balaban J connectivity index is 3.34. The van der Waals surface area contributed by atoms with E-state index in [-0.39, 0.29) is 60.0 Å². The van der Waals surface area contributed by atoms with Crippen LogP contribution in [0.25, 0.3) is 0 Å². The minimum Gasteiger partial charge on any atom is -0.458 e. The molecular formula is C41H74O8Si2. The van der Waals surface area contributed by atoms with Gasteiger partial charge in [0.15, 0.2) is 16.6 Å². The van der Waals surface area contributed by atoms with Crippen LogP contribution in [0.5, 0.6) is 0 Å². The van der Waals surface area contributed by atoms with Gasteiger partial charge in [0.05, 0.1) is 18.8 Å². The van der Waals surface area contributed by atoms with Crippen LogP contribution in [0.2, 0.25) is 36.3 Å². The fourth-order valence-corrected chi connectivity index (χ4v) is 7.30. The second kappa shape index (κ2) is 23.2. The highest BCUT2D eigenvalue weighted by molar-refractivity contribution is 6.74. The van der Waals surface area contributed by atoms with Gasteiger partial charge in [0, 0.05) is 32.6 Å². The van der Waals surface area contributed by atoms with Crippen molar-refractivity contribution in [3.63, 3.8) is 0 Å². The van der Waals surface area contributed by atoms with E-state index in [1.807, 2.05) is 12.2 Å². The van der Waals surface area contributed by atoms with Crippen LogP contribution < -0.4 is 0 Å². The Labute approximate surface area is 314 Å². The zero-order chi connectivity index (χ0) is 38.7. The van der Waals surface area contributed by atoms with Crippen molar-refractivity contribution in [3.05, 3.63) is 60.3 Å². The molecule has 2 unspecified atom stereocenters. The number of carbonyl (C=O) groups excluding carboxylic acids is 1. The third-order valence-corrected chi connectivity index (χ3v) is 19.2. The molecule has 1 heterocycles. The summed E-state index contributed by atoms with van der Waals surface area (Å²) in [5, 5.41) is 0.190. The number of rotatable bonds is 13. The highest BCUT2D eigenvalue weighted by Crippen LogP contribution is 2.39. The molecule has 51 heavy (non-hydrogen) atoms. The Hall–Kier alpha value is -1.64. The van der Waals surface area contributed by atoms with E-state index in [0.29, 0.717) is 19.4 Å². The summed E-state index contributed by atoms with van der Waals surface area (Å²) in [5.41, 5.74) is 1.15. The summed E-state index contributed by atoms with van der Waals surface area (Å²) >= 11 is 0. The number of carbonyl (C=O) groups is 1. The summed E-state index contributed by atoms with van der Waals surface area (Å²) in [6.45, 7) is 27.7. The number of methoxy groups -OCH3 is 2. The van der Waals surface area contributed by atoms with E-state index in [2.05, 4.69) is 118 Å². The van der Waals surface area contributed by atoms with Crippen LogP contribution in [-0.4, -0.2) is 81.4 Å². The smallest absolute Gasteiger partial charge is 0.330 e. The van der Waals surface area contributed by atoms with Crippen molar-refractivity contribution in [2.45, 2.75) is 155 Å². The molecule has 0 amide bonds. The van der Waals surface area contributed by atoms with Gasteiger partial charge < -0.3 is 32.5 Å². The molecule has 5 atom stereocenters. The second-order valence-corrected chi connectivity index (χ2v) is 26.4. The molecule has 10 heteroatoms. The number of ether oxygens (including phenoxy) is 5. The van der Waals surface area contributed by atoms with Gasteiger partial charge in [-0.1, -0.05) is 103 Å². The molecule has 0 aromatic rings. The molecule has 0 saturated heterocycles. The van der Waals surface area contributed by atoms with Crippen LogP contribution in [0.15, 0.2) is 60.3 Å². The topological polar surface area (TPSA) is 81.7 Å². The van der Waals surface area contributed by atoms with Gasteiger partial charge in [-0.05, 0) is 75.3 Å². The molecule has 0 saturated carbocycles. The van der Waals surface area contributed by atoms with Gasteiger partial charge >= 0.3 is 5.97 Å². The average Bonchev–Trinajstić information content (AvgIpc) is 3.02. The first-order chi connectivity index (χ1) is 23.7. The maximum Gasteiger partial charge on any atom is 0.330 e. The minimum absolute atomic E-state index is 0.0135. The Kier molecular flexibility index (Phi) is 21.6. The highest BCUT2D eigenvalue weighted by atomic mass is 28.4. The molecule has 0 aromatic carbocycles. The zero-order valence-corrected chi connectivity index (χ0v) is 36.7. The van der Waals surface area contributed by atoms with Gasteiger partial charge in [-0.15, -0.1) is 0 Å². The normalized spacial score (nSPS) is 26.2. The molecule has 0 fully saturated rings. The van der Waals surface area contributed by atoms with Crippen molar-refractivity contribution < 1.29 is 37.3 Å². The fraction of sp³-hybridized carbons (Fsp3) is 0.732. The van der Waals surface area contributed by atoms with Crippen LogP contribution in [0.4, 0.5) is 0 Å². The van der Waals surface area contributed by atoms with E-state index in [9.17, 15) is 4.79 Å². The quantitative estimate of drug-likeness (QED) is 0.0797. The highest BCUT2D eigenvalue weighted by Gasteiger charge is 2.41. The molecule has 1 aliphatic heterocycles. The minimum atomic E-state index is -2.12. The molecule has 1 rings (SSSR count). The van der Waals surface area contributed by atoms with Crippen molar-refractivity contribution in [2.24, 2.45) is 5.92 Å². The van der Waals surface area contributed by atoms with Crippen LogP contribution in [-0.2, 0) is 37.3 Å². The first kappa shape index (κ1) is 47.4. The third kappa shape index (κ3) is 18.8. The van der Waals surface area contributed by atoms with E-state index >= 15 is 0 Å². The van der Waals surface area contributed by atoms with E-state index < -0.39 is 16.6 Å². The molecular weight excluding hydrogens is 677 g/mol. The Bertz CT molecular complexity index is 1140. The predicted molar refractivity (Wildman–Crippen MR) is 216 cm³/mol. The van der Waals surface area contributed by atoms with Gasteiger partial charge in [0.1, 0.15) is 25.8 Å². The van der Waals surface area contributed by atoms with Crippen LogP contribution in [0.1, 0.15) is 93.9 Å². The standard InChI is InChI=1S/C41H74O8Si2/c1-33(30-47-50(11,12)40(3,4)5)29-34(2)36-24-20-16-15-17-21-25-38(49-51(13,14)41(6,7)8)37(46-32-44-10)28-27-35(45-31-43-9)23-19-18-22-26-39(42)48-36/h15-17,20,22,26-29,34-38H,18-19,21,23-25,30-32H2,1-14H3/b17-15+,20-16+,26-22+,28-27+,33-29+/t34-,35+,36?,37+,38?/m1/s1. The SMILES string of the molecule is COCO[C@@H]1/C=C/[C@H](OCOC)C(O[Si](C)(C)C(C)(C)C)CC/C=C/C=C/CC([C@H](C)/C=C(\C)CO[Si](C)(C)C(C)(C)C)OC(=O)/C=C/CCC1. The predicted octanol–water partition coefficient (Wildman–Crippen LogP) is 10.4. The summed E-state index contributed by atoms with van der Waals surface area (Å²) in [5.74, 6) is -0.314. The van der Waals surface area contributed by atoms with Gasteiger partial charge in [0.2, 0.25) is 0 Å². The van der Waals surface area contributed by atoms with E-state index in [1.54, 1.807) is 20.3 Å². The Morgan fingerprint density at radius 2 is 1.51 bits per heavy atom. The van der Waals surface area contributed by atoms with Crippen LogP contribution in [0.3, 0.4) is 0 Å². The second-order valence-electron chi connectivity index (χ2n) is 16.9. The number of hydrogen-bond donors (Lipinski definition) is 0. The van der Waals surface area contributed by atoms with Crippen LogP contribution in [0, 0.1) is 5.92 Å². The first-order valence-electron chi connectivity index (χ1n) is 18.8. The van der Waals surface area contributed by atoms with E-state index in [1.165, 1.54) is 0 Å². The lowest BCUT2D eigenvalue weighted by molar-refractivity contribution is -0.144. The Morgan fingerprint density at radius 3 is 2.14 bits per heavy atom. The van der Waals surface area contributed by atoms with Crippen LogP contribution >= 0.6 is 0 Å². The molecule has 8 nitrogen and oxygen atoms in total. The third-order valence-electron chi connectivity index (χ3n) is 10.3. The van der Waals surface area contributed by atoms with Crippen molar-refractivity contribution in [2.75, 3.05) is 34.4 Å². The number of allylic oxidation sites excluding steroid dienone is 4. The average molecular weight is 751 g/mol. The maximum absolute atomic E-state index is 13.0. The van der Waals surface area contributed by atoms with Crippen molar-refractivity contribution in [1.29, 1.82) is 0 Å². The summed E-state index contributed by atoms with van der Waals surface area (Å²) in [6, 6.07) is 0. The van der Waals surface area contributed by atoms with Gasteiger partial charge in [-0.2, -0.15) is 0 Å². The number of cyclic esters (lactones) is 1. The lowest BCUT2D eigenvalue weighted by Crippen LogP contribution is -2.47.